The van der Waals surface area contributed by atoms with Gasteiger partial charge in [-0.1, -0.05) is 12.2 Å². The van der Waals surface area contributed by atoms with Crippen LogP contribution in [0, 0.1) is 5.92 Å². The Morgan fingerprint density at radius 2 is 1.79 bits per heavy atom. The molecule has 0 aromatic heterocycles. The van der Waals surface area contributed by atoms with Crippen LogP contribution in [0.4, 0.5) is 16.2 Å². The smallest absolute Gasteiger partial charge is 0.414 e. The molecule has 0 unspecified atom stereocenters. The Labute approximate surface area is 170 Å². The molecule has 0 bridgehead atoms. The number of carbonyl (C=O) groups is 2. The molecule has 1 aromatic rings. The van der Waals surface area contributed by atoms with Crippen LogP contribution in [0.25, 0.3) is 0 Å². The predicted octanol–water partition coefficient (Wildman–Crippen LogP) is 2.01. The molecule has 1 aromatic carbocycles. The summed E-state index contributed by atoms with van der Waals surface area (Å²) in [5.41, 5.74) is 1.94. The predicted molar refractivity (Wildman–Crippen MR) is 112 cm³/mol. The lowest BCUT2D eigenvalue weighted by atomic mass is 10.2. The van der Waals surface area contributed by atoms with E-state index in [4.69, 9.17) is 17.0 Å². The molecule has 1 saturated carbocycles. The quantitative estimate of drug-likeness (QED) is 0.760. The van der Waals surface area contributed by atoms with Gasteiger partial charge in [-0.05, 0) is 37.1 Å². The van der Waals surface area contributed by atoms with Crippen molar-refractivity contribution >= 4 is 40.6 Å². The lowest BCUT2D eigenvalue weighted by Gasteiger charge is -2.35. The second-order valence-corrected chi connectivity index (χ2v) is 8.09. The average molecular weight is 403 g/mol. The van der Waals surface area contributed by atoms with E-state index >= 15 is 0 Å². The molecule has 7 nitrogen and oxygen atoms in total. The second kappa shape index (κ2) is 7.95. The van der Waals surface area contributed by atoms with Crippen LogP contribution in [-0.2, 0) is 9.53 Å². The van der Waals surface area contributed by atoms with Crippen LogP contribution in [0.5, 0.6) is 0 Å². The summed E-state index contributed by atoms with van der Waals surface area (Å²) in [6, 6.07) is 7.97. The first-order chi connectivity index (χ1) is 13.5. The number of amides is 2. The van der Waals surface area contributed by atoms with Crippen molar-refractivity contribution in [2.24, 2.45) is 5.92 Å². The van der Waals surface area contributed by atoms with Crippen molar-refractivity contribution in [1.82, 2.24) is 10.2 Å². The first-order valence-electron chi connectivity index (χ1n) is 9.87. The maximum atomic E-state index is 12.3. The number of benzene rings is 1. The van der Waals surface area contributed by atoms with Gasteiger partial charge in [0.2, 0.25) is 5.91 Å². The Hall–Kier alpha value is -2.35. The number of carbonyl (C=O) groups excluding carboxylic acids is 2. The first-order valence-corrected chi connectivity index (χ1v) is 10.3. The fourth-order valence-electron chi connectivity index (χ4n) is 3.67. The number of nitrogens with zero attached hydrogens (tertiary/aromatic N) is 3. The van der Waals surface area contributed by atoms with Crippen LogP contribution >= 0.6 is 12.2 Å². The zero-order valence-electron chi connectivity index (χ0n) is 16.1. The highest BCUT2D eigenvalue weighted by atomic mass is 32.1. The molecule has 150 valence electrons. The van der Waals surface area contributed by atoms with E-state index in [1.807, 2.05) is 29.2 Å². The fraction of sp³-hybridized carbons (Fsp3) is 0.550. The number of nitrogens with one attached hydrogen (secondary N) is 1. The van der Waals surface area contributed by atoms with Crippen molar-refractivity contribution < 1.29 is 14.3 Å². The van der Waals surface area contributed by atoms with Crippen molar-refractivity contribution in [2.75, 3.05) is 49.1 Å². The number of thiocarbonyl (C=S) groups is 1. The SMILES string of the molecule is CC(=O)N1CCN(c2ccc(N3C[C@H](CNC(=S)C4CC4)OC3=O)cc2)CC1. The summed E-state index contributed by atoms with van der Waals surface area (Å²) in [6.45, 7) is 5.83. The Kier molecular flexibility index (Phi) is 5.39. The summed E-state index contributed by atoms with van der Waals surface area (Å²) in [5, 5.41) is 3.24. The molecular formula is C20H26N4O3S. The molecule has 2 heterocycles. The molecule has 0 spiro atoms. The summed E-state index contributed by atoms with van der Waals surface area (Å²) in [7, 11) is 0. The van der Waals surface area contributed by atoms with Crippen molar-refractivity contribution in [3.05, 3.63) is 24.3 Å². The molecule has 2 amide bonds. The summed E-state index contributed by atoms with van der Waals surface area (Å²) in [4.78, 5) is 30.4. The van der Waals surface area contributed by atoms with E-state index in [0.717, 1.165) is 42.5 Å². The van der Waals surface area contributed by atoms with Crippen LogP contribution < -0.4 is 15.1 Å². The Morgan fingerprint density at radius 3 is 2.39 bits per heavy atom. The highest BCUT2D eigenvalue weighted by Crippen LogP contribution is 2.30. The van der Waals surface area contributed by atoms with E-state index in [1.165, 1.54) is 12.8 Å². The van der Waals surface area contributed by atoms with Gasteiger partial charge in [-0.25, -0.2) is 4.79 Å². The molecule has 2 aliphatic heterocycles. The van der Waals surface area contributed by atoms with Crippen LogP contribution in [-0.4, -0.2) is 67.3 Å². The van der Waals surface area contributed by atoms with E-state index in [0.29, 0.717) is 19.0 Å². The van der Waals surface area contributed by atoms with Crippen molar-refractivity contribution in [3.63, 3.8) is 0 Å². The fourth-order valence-corrected chi connectivity index (χ4v) is 3.98. The zero-order chi connectivity index (χ0) is 19.7. The molecule has 2 saturated heterocycles. The van der Waals surface area contributed by atoms with Crippen LogP contribution in [0.1, 0.15) is 19.8 Å². The molecule has 3 aliphatic rings. The second-order valence-electron chi connectivity index (χ2n) is 7.65. The molecule has 8 heteroatoms. The largest absolute Gasteiger partial charge is 0.442 e. The average Bonchev–Trinajstić information content (AvgIpc) is 3.49. The molecule has 3 fully saturated rings. The van der Waals surface area contributed by atoms with Gasteiger partial charge in [0.15, 0.2) is 0 Å². The third-order valence-electron chi connectivity index (χ3n) is 5.58. The number of hydrogen-bond donors (Lipinski definition) is 1. The molecule has 1 aliphatic carbocycles. The van der Waals surface area contributed by atoms with Crippen LogP contribution in [0.15, 0.2) is 24.3 Å². The minimum Gasteiger partial charge on any atom is -0.442 e. The third kappa shape index (κ3) is 4.22. The van der Waals surface area contributed by atoms with Gasteiger partial charge >= 0.3 is 6.09 Å². The maximum Gasteiger partial charge on any atom is 0.414 e. The number of cyclic esters (lactones) is 1. The third-order valence-corrected chi connectivity index (χ3v) is 6.06. The molecule has 1 N–H and O–H groups in total. The maximum absolute atomic E-state index is 12.3. The van der Waals surface area contributed by atoms with Crippen molar-refractivity contribution in [3.8, 4) is 0 Å². The van der Waals surface area contributed by atoms with Gasteiger partial charge in [0.25, 0.3) is 0 Å². The minimum absolute atomic E-state index is 0.129. The number of ether oxygens (including phenoxy) is 1. The Bertz CT molecular complexity index is 757. The van der Waals surface area contributed by atoms with Gasteiger partial charge < -0.3 is 19.9 Å². The summed E-state index contributed by atoms with van der Waals surface area (Å²) in [6.07, 6.45) is 1.83. The van der Waals surface area contributed by atoms with Crippen LogP contribution in [0.3, 0.4) is 0 Å². The first kappa shape index (κ1) is 19.0. The van der Waals surface area contributed by atoms with E-state index in [2.05, 4.69) is 10.2 Å². The van der Waals surface area contributed by atoms with Gasteiger partial charge in [0.05, 0.1) is 18.1 Å². The number of piperazine rings is 1. The zero-order valence-corrected chi connectivity index (χ0v) is 16.9. The lowest BCUT2D eigenvalue weighted by Crippen LogP contribution is -2.48. The van der Waals surface area contributed by atoms with Gasteiger partial charge in [-0.15, -0.1) is 0 Å². The van der Waals surface area contributed by atoms with E-state index in [-0.39, 0.29) is 18.1 Å². The van der Waals surface area contributed by atoms with E-state index in [9.17, 15) is 9.59 Å². The van der Waals surface area contributed by atoms with Crippen LogP contribution in [0.2, 0.25) is 0 Å². The lowest BCUT2D eigenvalue weighted by molar-refractivity contribution is -0.129. The Morgan fingerprint density at radius 1 is 1.14 bits per heavy atom. The topological polar surface area (TPSA) is 65.1 Å². The monoisotopic (exact) mass is 402 g/mol. The van der Waals surface area contributed by atoms with Gasteiger partial charge in [0, 0.05) is 50.4 Å². The summed E-state index contributed by atoms with van der Waals surface area (Å²) in [5.74, 6) is 0.651. The minimum atomic E-state index is -0.313. The number of rotatable bonds is 5. The molecule has 4 rings (SSSR count). The van der Waals surface area contributed by atoms with Crippen molar-refractivity contribution in [2.45, 2.75) is 25.9 Å². The van der Waals surface area contributed by atoms with Gasteiger partial charge in [0.1, 0.15) is 6.10 Å². The molecule has 28 heavy (non-hydrogen) atoms. The number of hydrogen-bond acceptors (Lipinski definition) is 5. The van der Waals surface area contributed by atoms with Gasteiger partial charge in [-0.3, -0.25) is 9.69 Å². The Balaban J connectivity index is 1.31. The van der Waals surface area contributed by atoms with Crippen molar-refractivity contribution in [1.29, 1.82) is 0 Å². The highest BCUT2D eigenvalue weighted by molar-refractivity contribution is 7.80. The summed E-state index contributed by atoms with van der Waals surface area (Å²) < 4.78 is 5.48. The molecule has 1 atom stereocenters. The summed E-state index contributed by atoms with van der Waals surface area (Å²) >= 11 is 5.33. The van der Waals surface area contributed by atoms with E-state index in [1.54, 1.807) is 11.8 Å². The normalized spacial score (nSPS) is 22.2. The highest BCUT2D eigenvalue weighted by Gasteiger charge is 2.33. The standard InChI is InChI=1S/C20H26N4O3S/c1-14(25)22-8-10-23(11-9-22)16-4-6-17(7-5-16)24-13-18(27-20(24)26)12-21-19(28)15-2-3-15/h4-7,15,18H,2-3,8-13H2,1H3,(H,21,28)/t18-/m0/s1. The molecular weight excluding hydrogens is 376 g/mol. The van der Waals surface area contributed by atoms with E-state index < -0.39 is 0 Å². The van der Waals surface area contributed by atoms with Gasteiger partial charge in [-0.2, -0.15) is 0 Å². The molecule has 0 radical (unpaired) electrons. The number of anilines is 2.